The molecule has 0 unspecified atom stereocenters. The number of anilines is 1. The van der Waals surface area contributed by atoms with E-state index >= 15 is 0 Å². The van der Waals surface area contributed by atoms with Gasteiger partial charge in [0.05, 0.1) is 23.5 Å². The zero-order valence-corrected chi connectivity index (χ0v) is 14.8. The van der Waals surface area contributed by atoms with Crippen LogP contribution in [0.4, 0.5) is 5.69 Å². The second-order valence-corrected chi connectivity index (χ2v) is 6.46. The largest absolute Gasteiger partial charge is 0.497 e. The van der Waals surface area contributed by atoms with Crippen LogP contribution in [0.15, 0.2) is 60.0 Å². The molecule has 0 aliphatic carbocycles. The van der Waals surface area contributed by atoms with Crippen LogP contribution in [-0.4, -0.2) is 18.0 Å². The second kappa shape index (κ2) is 7.77. The number of rotatable bonds is 5. The summed E-state index contributed by atoms with van der Waals surface area (Å²) in [5.74, 6) is 0.601. The third-order valence-corrected chi connectivity index (χ3v) is 4.40. The summed E-state index contributed by atoms with van der Waals surface area (Å²) < 4.78 is 5.12. The number of hydrogen-bond acceptors (Lipinski definition) is 4. The van der Waals surface area contributed by atoms with Gasteiger partial charge in [-0.1, -0.05) is 30.3 Å². The quantitative estimate of drug-likeness (QED) is 0.674. The Bertz CT molecular complexity index is 898. The lowest BCUT2D eigenvalue weighted by Crippen LogP contribution is -2.08. The summed E-state index contributed by atoms with van der Waals surface area (Å²) in [6.07, 6.45) is 3.29. The Morgan fingerprint density at radius 2 is 1.92 bits per heavy atom. The number of benzene rings is 2. The minimum absolute atomic E-state index is 0.185. The number of aromatic nitrogens is 1. The number of para-hydroxylation sites is 1. The van der Waals surface area contributed by atoms with Gasteiger partial charge in [0, 0.05) is 17.0 Å². The number of carbonyl (C=O) groups excluding carboxylic acids is 1. The van der Waals surface area contributed by atoms with Crippen LogP contribution in [-0.2, 0) is 4.79 Å². The molecule has 0 spiro atoms. The van der Waals surface area contributed by atoms with Gasteiger partial charge in [0.15, 0.2) is 0 Å². The highest BCUT2D eigenvalue weighted by Crippen LogP contribution is 2.28. The fraction of sp³-hybridized carbons (Fsp3) is 0.100. The molecule has 0 saturated carbocycles. The Morgan fingerprint density at radius 1 is 1.16 bits per heavy atom. The SMILES string of the molecule is COc1ccc(/C=C/C(=O)Nc2ccccc2-c2csc(C)n2)cc1. The summed E-state index contributed by atoms with van der Waals surface area (Å²) in [5, 5.41) is 5.91. The van der Waals surface area contributed by atoms with Gasteiger partial charge >= 0.3 is 0 Å². The predicted molar refractivity (Wildman–Crippen MR) is 103 cm³/mol. The maximum atomic E-state index is 12.3. The van der Waals surface area contributed by atoms with Crippen molar-refractivity contribution in [1.82, 2.24) is 4.98 Å². The highest BCUT2D eigenvalue weighted by Gasteiger charge is 2.09. The molecular weight excluding hydrogens is 332 g/mol. The van der Waals surface area contributed by atoms with Crippen LogP contribution in [0.1, 0.15) is 10.6 Å². The van der Waals surface area contributed by atoms with Crippen molar-refractivity contribution in [2.24, 2.45) is 0 Å². The number of nitrogens with one attached hydrogen (secondary N) is 1. The van der Waals surface area contributed by atoms with Gasteiger partial charge in [-0.05, 0) is 36.8 Å². The normalized spacial score (nSPS) is 10.8. The molecule has 1 heterocycles. The van der Waals surface area contributed by atoms with Crippen molar-refractivity contribution < 1.29 is 9.53 Å². The van der Waals surface area contributed by atoms with E-state index in [0.29, 0.717) is 0 Å². The minimum Gasteiger partial charge on any atom is -0.497 e. The molecule has 0 bridgehead atoms. The van der Waals surface area contributed by atoms with E-state index in [1.54, 1.807) is 24.5 Å². The van der Waals surface area contributed by atoms with Crippen LogP contribution in [0.25, 0.3) is 17.3 Å². The number of methoxy groups -OCH3 is 1. The Hall–Kier alpha value is -2.92. The van der Waals surface area contributed by atoms with Gasteiger partial charge in [-0.3, -0.25) is 4.79 Å². The maximum absolute atomic E-state index is 12.3. The molecule has 3 rings (SSSR count). The van der Waals surface area contributed by atoms with E-state index in [-0.39, 0.29) is 5.91 Å². The Labute approximate surface area is 150 Å². The predicted octanol–water partition coefficient (Wildman–Crippen LogP) is 4.78. The van der Waals surface area contributed by atoms with Crippen molar-refractivity contribution in [1.29, 1.82) is 0 Å². The van der Waals surface area contributed by atoms with Crippen molar-refractivity contribution in [3.8, 4) is 17.0 Å². The molecule has 126 valence electrons. The second-order valence-electron chi connectivity index (χ2n) is 5.39. The lowest BCUT2D eigenvalue weighted by atomic mass is 10.1. The zero-order chi connectivity index (χ0) is 17.6. The molecule has 0 atom stereocenters. The van der Waals surface area contributed by atoms with Crippen LogP contribution in [0.5, 0.6) is 5.75 Å². The van der Waals surface area contributed by atoms with Gasteiger partial charge in [0.2, 0.25) is 5.91 Å². The topological polar surface area (TPSA) is 51.2 Å². The van der Waals surface area contributed by atoms with Gasteiger partial charge in [-0.15, -0.1) is 11.3 Å². The summed E-state index contributed by atoms with van der Waals surface area (Å²) in [4.78, 5) is 16.8. The lowest BCUT2D eigenvalue weighted by molar-refractivity contribution is -0.111. The lowest BCUT2D eigenvalue weighted by Gasteiger charge is -2.07. The molecular formula is C20H18N2O2S. The van der Waals surface area contributed by atoms with E-state index < -0.39 is 0 Å². The van der Waals surface area contributed by atoms with E-state index in [1.165, 1.54) is 6.08 Å². The molecule has 2 aromatic carbocycles. The van der Waals surface area contributed by atoms with Crippen LogP contribution >= 0.6 is 11.3 Å². The van der Waals surface area contributed by atoms with Crippen molar-refractivity contribution >= 4 is 29.0 Å². The van der Waals surface area contributed by atoms with E-state index in [4.69, 9.17) is 4.74 Å². The first-order chi connectivity index (χ1) is 12.2. The smallest absolute Gasteiger partial charge is 0.248 e. The third kappa shape index (κ3) is 4.33. The summed E-state index contributed by atoms with van der Waals surface area (Å²) in [6, 6.07) is 15.2. The van der Waals surface area contributed by atoms with Gasteiger partial charge in [-0.2, -0.15) is 0 Å². The van der Waals surface area contributed by atoms with Gasteiger partial charge in [0.1, 0.15) is 5.75 Å². The maximum Gasteiger partial charge on any atom is 0.248 e. The van der Waals surface area contributed by atoms with Crippen LogP contribution in [0.3, 0.4) is 0 Å². The number of nitrogens with zero attached hydrogens (tertiary/aromatic N) is 1. The summed E-state index contributed by atoms with van der Waals surface area (Å²) in [6.45, 7) is 1.97. The number of aryl methyl sites for hydroxylation is 1. The Kier molecular flexibility index (Phi) is 5.26. The van der Waals surface area contributed by atoms with Crippen LogP contribution < -0.4 is 10.1 Å². The van der Waals surface area contributed by atoms with E-state index in [1.807, 2.05) is 60.8 Å². The van der Waals surface area contributed by atoms with Gasteiger partial charge in [0.25, 0.3) is 0 Å². The molecule has 5 heteroatoms. The molecule has 0 aliphatic heterocycles. The summed E-state index contributed by atoms with van der Waals surface area (Å²) in [5.41, 5.74) is 3.46. The number of carbonyl (C=O) groups is 1. The minimum atomic E-state index is -0.185. The number of ether oxygens (including phenoxy) is 1. The number of thiazole rings is 1. The zero-order valence-electron chi connectivity index (χ0n) is 14.0. The van der Waals surface area contributed by atoms with Crippen LogP contribution in [0, 0.1) is 6.92 Å². The van der Waals surface area contributed by atoms with Crippen molar-refractivity contribution in [3.05, 3.63) is 70.6 Å². The highest BCUT2D eigenvalue weighted by atomic mass is 32.1. The molecule has 1 amide bonds. The van der Waals surface area contributed by atoms with Crippen molar-refractivity contribution in [2.45, 2.75) is 6.92 Å². The van der Waals surface area contributed by atoms with Gasteiger partial charge in [-0.25, -0.2) is 4.98 Å². The molecule has 3 aromatic rings. The van der Waals surface area contributed by atoms with E-state index in [0.717, 1.165) is 33.3 Å². The molecule has 1 aromatic heterocycles. The van der Waals surface area contributed by atoms with Crippen LogP contribution in [0.2, 0.25) is 0 Å². The average molecular weight is 350 g/mol. The standard InChI is InChI=1S/C20H18N2O2S/c1-14-21-19(13-25-14)17-5-3-4-6-18(17)22-20(23)12-9-15-7-10-16(24-2)11-8-15/h3-13H,1-2H3,(H,22,23)/b12-9+. The van der Waals surface area contributed by atoms with E-state index in [9.17, 15) is 4.79 Å². The molecule has 0 radical (unpaired) electrons. The number of amides is 1. The number of hydrogen-bond donors (Lipinski definition) is 1. The fourth-order valence-electron chi connectivity index (χ4n) is 2.36. The fourth-order valence-corrected chi connectivity index (χ4v) is 2.98. The monoisotopic (exact) mass is 350 g/mol. The Morgan fingerprint density at radius 3 is 2.60 bits per heavy atom. The first kappa shape index (κ1) is 16.9. The molecule has 0 aliphatic rings. The first-order valence-electron chi connectivity index (χ1n) is 7.80. The first-order valence-corrected chi connectivity index (χ1v) is 8.68. The summed E-state index contributed by atoms with van der Waals surface area (Å²) >= 11 is 1.59. The molecule has 25 heavy (non-hydrogen) atoms. The summed E-state index contributed by atoms with van der Waals surface area (Å²) in [7, 11) is 1.62. The Balaban J connectivity index is 1.73. The van der Waals surface area contributed by atoms with Gasteiger partial charge < -0.3 is 10.1 Å². The molecule has 4 nitrogen and oxygen atoms in total. The molecule has 1 N–H and O–H groups in total. The highest BCUT2D eigenvalue weighted by molar-refractivity contribution is 7.09. The molecule has 0 saturated heterocycles. The van der Waals surface area contributed by atoms with E-state index in [2.05, 4.69) is 10.3 Å². The molecule has 0 fully saturated rings. The van der Waals surface area contributed by atoms with Crippen molar-refractivity contribution in [3.63, 3.8) is 0 Å². The third-order valence-electron chi connectivity index (χ3n) is 3.62. The average Bonchev–Trinajstić information content (AvgIpc) is 3.07. The van der Waals surface area contributed by atoms with Crippen molar-refractivity contribution in [2.75, 3.05) is 12.4 Å².